The van der Waals surface area contributed by atoms with Crippen molar-refractivity contribution in [1.82, 2.24) is 15.0 Å². The second kappa shape index (κ2) is 30.1. The molecule has 25 heteroatoms. The van der Waals surface area contributed by atoms with E-state index in [1.54, 1.807) is 50.6 Å². The van der Waals surface area contributed by atoms with Gasteiger partial charge in [0, 0.05) is 83.7 Å². The highest BCUT2D eigenvalue weighted by Crippen LogP contribution is 2.44. The zero-order chi connectivity index (χ0) is 60.8. The molecule has 5 aromatic rings. The van der Waals surface area contributed by atoms with E-state index in [1.807, 2.05) is 52.3 Å². The van der Waals surface area contributed by atoms with Gasteiger partial charge in [-0.15, -0.1) is 0 Å². The molecule has 0 spiro atoms. The summed E-state index contributed by atoms with van der Waals surface area (Å²) in [6.45, 7) is 20.9. The van der Waals surface area contributed by atoms with E-state index in [-0.39, 0.29) is 35.4 Å². The number of amides is 2. The summed E-state index contributed by atoms with van der Waals surface area (Å²) in [5.41, 5.74) is 13.1. The molecule has 18 nitrogen and oxygen atoms in total. The van der Waals surface area contributed by atoms with Gasteiger partial charge in [0.15, 0.2) is 19.7 Å². The van der Waals surface area contributed by atoms with Gasteiger partial charge in [-0.3, -0.25) is 19.6 Å². The maximum Gasteiger partial charge on any atom is 0.498 e. The SMILES string of the molecule is CCCOc1c(-c2ccc(CS(C)(=O)=O)cn2)ccc2c1CC[C@H](C)N2C(C)=O.CCCOc1c(B2OC(C)(C)C(C)(C)O2)ccc2c1CC[C@H](C)N2C(C)=O.CS(=O)(=O)Cc1ccc(I)nc1.CS(=O)(=O)Cl.Nc1ccc(I)nc1. The number of ether oxygens (including phenoxy) is 2. The highest BCUT2D eigenvalue weighted by molar-refractivity contribution is 14.1. The first-order valence-electron chi connectivity index (χ1n) is 26.3. The summed E-state index contributed by atoms with van der Waals surface area (Å²) in [5, 5.41) is 0. The lowest BCUT2D eigenvalue weighted by Crippen LogP contribution is -2.42. The number of aromatic nitrogens is 3. The van der Waals surface area contributed by atoms with Crippen molar-refractivity contribution in [2.45, 2.75) is 143 Å². The summed E-state index contributed by atoms with van der Waals surface area (Å²) in [4.78, 5) is 40.6. The van der Waals surface area contributed by atoms with Gasteiger partial charge in [0.1, 0.15) is 18.9 Å². The number of fused-ring (bicyclic) bond motifs is 2. The number of pyridine rings is 3. The zero-order valence-electron chi connectivity index (χ0n) is 48.4. The van der Waals surface area contributed by atoms with Gasteiger partial charge in [-0.25, -0.2) is 30.2 Å². The van der Waals surface area contributed by atoms with Gasteiger partial charge in [-0.1, -0.05) is 32.0 Å². The lowest BCUT2D eigenvalue weighted by molar-refractivity contribution is -0.117. The van der Waals surface area contributed by atoms with E-state index in [9.17, 15) is 34.8 Å². The topological polar surface area (TPSA) is 245 Å². The smallest absolute Gasteiger partial charge is 0.494 e. The van der Waals surface area contributed by atoms with Crippen LogP contribution in [-0.4, -0.2) is 114 Å². The second-order valence-corrected chi connectivity index (χ2v) is 30.6. The molecule has 2 aromatic carbocycles. The number of hydrogen-bond donors (Lipinski definition) is 1. The van der Waals surface area contributed by atoms with Crippen molar-refractivity contribution in [3.8, 4) is 22.8 Å². The van der Waals surface area contributed by atoms with Crippen molar-refractivity contribution < 1.29 is 53.6 Å². The van der Waals surface area contributed by atoms with Gasteiger partial charge in [0.25, 0.3) is 0 Å². The molecule has 2 amide bonds. The number of carbonyl (C=O) groups excluding carboxylic acids is 2. The van der Waals surface area contributed by atoms with Crippen LogP contribution in [0.2, 0.25) is 0 Å². The molecule has 3 aliphatic rings. The Balaban J connectivity index is 0.000000247. The number of sulfone groups is 2. The number of nitrogen functional groups attached to an aromatic ring is 1. The van der Waals surface area contributed by atoms with Crippen LogP contribution in [-0.2, 0) is 72.0 Å². The Kier molecular flexibility index (Phi) is 25.7. The summed E-state index contributed by atoms with van der Waals surface area (Å²) in [7, 11) is -5.21. The summed E-state index contributed by atoms with van der Waals surface area (Å²) in [5.74, 6) is 1.72. The van der Waals surface area contributed by atoms with E-state index in [4.69, 9.17) is 24.5 Å². The first kappa shape index (κ1) is 69.3. The number of anilines is 3. The molecule has 0 radical (unpaired) electrons. The molecule has 1 saturated heterocycles. The fourth-order valence-electron chi connectivity index (χ4n) is 8.84. The van der Waals surface area contributed by atoms with E-state index in [2.05, 4.69) is 126 Å². The van der Waals surface area contributed by atoms with Crippen LogP contribution in [0.25, 0.3) is 11.3 Å². The molecule has 0 unspecified atom stereocenters. The number of carbonyl (C=O) groups is 2. The van der Waals surface area contributed by atoms with Gasteiger partial charge in [0.05, 0.1) is 71.1 Å². The fraction of sp³-hybridized carbons (Fsp3) is 0.482. The lowest BCUT2D eigenvalue weighted by atomic mass is 9.76. The minimum Gasteiger partial charge on any atom is -0.494 e. The number of halogens is 3. The number of benzene rings is 2. The van der Waals surface area contributed by atoms with Gasteiger partial charge in [0.2, 0.25) is 20.9 Å². The Morgan fingerprint density at radius 2 is 1.09 bits per heavy atom. The molecule has 81 heavy (non-hydrogen) atoms. The average molecular weight is 1420 g/mol. The van der Waals surface area contributed by atoms with Crippen molar-refractivity contribution >= 4 is 126 Å². The van der Waals surface area contributed by atoms with Crippen molar-refractivity contribution in [3.05, 3.63) is 109 Å². The van der Waals surface area contributed by atoms with Gasteiger partial charge in [-0.05, 0) is 179 Å². The average Bonchev–Trinajstić information content (AvgIpc) is 3.60. The van der Waals surface area contributed by atoms with Crippen molar-refractivity contribution in [1.29, 1.82) is 0 Å². The Hall–Kier alpha value is -4.19. The molecular weight excluding hydrogens is 1340 g/mol. The molecule has 8 rings (SSSR count). The minimum atomic E-state index is -3.19. The van der Waals surface area contributed by atoms with Gasteiger partial charge < -0.3 is 34.3 Å². The van der Waals surface area contributed by atoms with E-state index >= 15 is 0 Å². The number of nitrogens with two attached hydrogens (primary N) is 1. The van der Waals surface area contributed by atoms with Crippen molar-refractivity contribution in [2.75, 3.05) is 47.5 Å². The standard InChI is InChI=1S/C22H28N2O4S.C21H32BNO4.C7H8INO2S.C5H5IN2.CH3ClO2S/c1-5-12-28-22-18(20-10-7-17(13-23-20)14-29(4,26)27)9-11-21-19(22)8-6-15(2)24(21)16(3)25;1-8-13-25-19-16-10-9-14(2)23(15(3)24)18(16)12-11-17(19)22-26-20(4,5)21(6,7)27-22;1-12(10,11)5-6-2-3-7(8)9-4-6;6-5-2-1-4(7)3-8-5;1-5(2,3)4/h7,9-11,13,15H,5-6,8,12,14H2,1-4H3;11-12,14H,8-10,13H2,1-7H3;2-4H,5H2,1H3;1-3H,7H2;1H3/t15-;14-;;;/m00.../s1. The van der Waals surface area contributed by atoms with Gasteiger partial charge >= 0.3 is 7.12 Å². The molecule has 1 fully saturated rings. The molecule has 0 aliphatic carbocycles. The van der Waals surface area contributed by atoms with E-state index in [1.165, 1.54) is 12.5 Å². The minimum absolute atomic E-state index is 0.0240. The molecule has 0 bridgehead atoms. The molecule has 3 aliphatic heterocycles. The van der Waals surface area contributed by atoms with E-state index in [0.29, 0.717) is 24.5 Å². The summed E-state index contributed by atoms with van der Waals surface area (Å²) in [6, 6.07) is 19.1. The normalized spacial score (nSPS) is 17.0. The van der Waals surface area contributed by atoms with Crippen LogP contribution in [0.1, 0.15) is 117 Å². The van der Waals surface area contributed by atoms with E-state index in [0.717, 1.165) is 108 Å². The molecule has 2 N–H and O–H groups in total. The van der Waals surface area contributed by atoms with Crippen LogP contribution in [0.4, 0.5) is 17.1 Å². The number of rotatable bonds is 12. The summed E-state index contributed by atoms with van der Waals surface area (Å²) in [6.07, 6.45) is 13.5. The number of hydrogen-bond acceptors (Lipinski definition) is 16. The van der Waals surface area contributed by atoms with Crippen LogP contribution in [0.5, 0.6) is 11.5 Å². The van der Waals surface area contributed by atoms with Crippen LogP contribution >= 0.6 is 55.9 Å². The third-order valence-electron chi connectivity index (χ3n) is 13.1. The highest BCUT2D eigenvalue weighted by atomic mass is 127. The first-order chi connectivity index (χ1) is 37.6. The van der Waals surface area contributed by atoms with Crippen molar-refractivity contribution in [3.63, 3.8) is 0 Å². The maximum atomic E-state index is 12.2. The predicted molar refractivity (Wildman–Crippen MR) is 341 cm³/mol. The maximum absolute atomic E-state index is 12.2. The molecule has 444 valence electrons. The quantitative estimate of drug-likeness (QED) is 0.0528. The molecule has 6 heterocycles. The zero-order valence-corrected chi connectivity index (χ0v) is 55.9. The Morgan fingerprint density at radius 3 is 1.47 bits per heavy atom. The Bertz CT molecular complexity index is 3250. The van der Waals surface area contributed by atoms with Crippen LogP contribution in [0.15, 0.2) is 79.3 Å². The lowest BCUT2D eigenvalue weighted by Gasteiger charge is -2.36. The summed E-state index contributed by atoms with van der Waals surface area (Å²) < 4.78 is 90.3. The van der Waals surface area contributed by atoms with Crippen molar-refractivity contribution in [2.24, 2.45) is 0 Å². The van der Waals surface area contributed by atoms with Crippen LogP contribution < -0.4 is 30.5 Å². The monoisotopic (exact) mass is 1420 g/mol. The largest absolute Gasteiger partial charge is 0.498 e. The summed E-state index contributed by atoms with van der Waals surface area (Å²) >= 11 is 4.20. The van der Waals surface area contributed by atoms with Crippen LogP contribution in [0, 0.1) is 7.40 Å². The first-order valence-corrected chi connectivity index (χ1v) is 35.3. The molecule has 3 aromatic heterocycles. The fourth-order valence-corrected chi connectivity index (χ4v) is 11.0. The third-order valence-corrected chi connectivity index (χ3v) is 16.1. The second-order valence-electron chi connectivity index (χ2n) is 21.0. The van der Waals surface area contributed by atoms with Crippen LogP contribution in [0.3, 0.4) is 0 Å². The highest BCUT2D eigenvalue weighted by Gasteiger charge is 2.53. The predicted octanol–water partition coefficient (Wildman–Crippen LogP) is 9.92. The number of nitrogens with zero attached hydrogens (tertiary/aromatic N) is 5. The third kappa shape index (κ3) is 21.4. The Morgan fingerprint density at radius 1 is 0.667 bits per heavy atom. The molecular formula is C56H76BClI2N6O12S3. The molecule has 0 saturated carbocycles. The van der Waals surface area contributed by atoms with Gasteiger partial charge in [-0.2, -0.15) is 0 Å². The van der Waals surface area contributed by atoms with E-state index < -0.39 is 47.0 Å². The molecule has 2 atom stereocenters. The Labute approximate surface area is 512 Å².